The Morgan fingerprint density at radius 2 is 1.58 bits per heavy atom. The fraction of sp³-hybridized carbons (Fsp3) is 0.500. The first-order valence-corrected chi connectivity index (χ1v) is 4.93. The summed E-state index contributed by atoms with van der Waals surface area (Å²) in [7, 11) is 0. The van der Waals surface area contributed by atoms with Gasteiger partial charge in [0.25, 0.3) is 0 Å². The molecule has 1 aromatic rings. The molecule has 1 fully saturated rings. The number of rotatable bonds is 1. The lowest BCUT2D eigenvalue weighted by atomic mass is 10.1. The van der Waals surface area contributed by atoms with Crippen LogP contribution in [-0.2, 0) is 0 Å². The van der Waals surface area contributed by atoms with Gasteiger partial charge >= 0.3 is 0 Å². The van der Waals surface area contributed by atoms with E-state index in [1.54, 1.807) is 0 Å². The first-order valence-electron chi connectivity index (χ1n) is 4.93. The standard InChI is InChI=1S/C10H12.C2H6/c1-8-7-10(8)9-5-3-2-4-6-9;1-2/h2-6,8,10H,7H2,1H3;1-2H3/t8-,10-;/m1./s1. The lowest BCUT2D eigenvalue weighted by Crippen LogP contribution is -1.77. The summed E-state index contributed by atoms with van der Waals surface area (Å²) < 4.78 is 0. The molecule has 1 aliphatic carbocycles. The van der Waals surface area contributed by atoms with Crippen LogP contribution in [0.15, 0.2) is 30.3 Å². The number of hydrogen-bond donors (Lipinski definition) is 0. The smallest absolute Gasteiger partial charge is 0.0133 e. The van der Waals surface area contributed by atoms with Gasteiger partial charge in [-0.3, -0.25) is 0 Å². The molecule has 0 unspecified atom stereocenters. The molecule has 0 amide bonds. The van der Waals surface area contributed by atoms with Crippen LogP contribution in [0.1, 0.15) is 38.7 Å². The van der Waals surface area contributed by atoms with Gasteiger partial charge in [-0.2, -0.15) is 0 Å². The van der Waals surface area contributed by atoms with E-state index in [0.29, 0.717) is 0 Å². The third-order valence-corrected chi connectivity index (χ3v) is 2.34. The Morgan fingerprint density at radius 3 is 2.00 bits per heavy atom. The van der Waals surface area contributed by atoms with Crippen molar-refractivity contribution in [2.45, 2.75) is 33.1 Å². The van der Waals surface area contributed by atoms with Gasteiger partial charge in [0.05, 0.1) is 0 Å². The number of benzene rings is 1. The molecule has 0 aromatic heterocycles. The molecule has 66 valence electrons. The fourth-order valence-corrected chi connectivity index (χ4v) is 1.49. The summed E-state index contributed by atoms with van der Waals surface area (Å²) in [5, 5.41) is 0. The van der Waals surface area contributed by atoms with Crippen LogP contribution < -0.4 is 0 Å². The van der Waals surface area contributed by atoms with Crippen molar-refractivity contribution in [3.8, 4) is 0 Å². The van der Waals surface area contributed by atoms with Gasteiger partial charge in [-0.05, 0) is 23.8 Å². The van der Waals surface area contributed by atoms with Gasteiger partial charge in [-0.15, -0.1) is 0 Å². The molecule has 1 saturated carbocycles. The quantitative estimate of drug-likeness (QED) is 0.588. The van der Waals surface area contributed by atoms with Crippen molar-refractivity contribution >= 4 is 0 Å². The Labute approximate surface area is 75.6 Å². The summed E-state index contributed by atoms with van der Waals surface area (Å²) in [4.78, 5) is 0. The highest BCUT2D eigenvalue weighted by Gasteiger charge is 2.33. The van der Waals surface area contributed by atoms with Gasteiger partial charge in [0.1, 0.15) is 0 Å². The summed E-state index contributed by atoms with van der Waals surface area (Å²) >= 11 is 0. The SMILES string of the molecule is CC.C[C@@H]1C[C@H]1c1ccccc1. The van der Waals surface area contributed by atoms with Crippen LogP contribution in [0.25, 0.3) is 0 Å². The average Bonchev–Trinajstić information content (AvgIpc) is 2.88. The van der Waals surface area contributed by atoms with Gasteiger partial charge in [0.2, 0.25) is 0 Å². The summed E-state index contributed by atoms with van der Waals surface area (Å²) in [6, 6.07) is 10.8. The molecule has 0 heterocycles. The van der Waals surface area contributed by atoms with E-state index in [1.807, 2.05) is 13.8 Å². The summed E-state index contributed by atoms with van der Waals surface area (Å²) in [5.74, 6) is 1.81. The molecular formula is C12H18. The van der Waals surface area contributed by atoms with Crippen molar-refractivity contribution in [2.75, 3.05) is 0 Å². The maximum Gasteiger partial charge on any atom is -0.0133 e. The Kier molecular flexibility index (Phi) is 3.33. The van der Waals surface area contributed by atoms with E-state index in [2.05, 4.69) is 37.3 Å². The molecule has 1 aliphatic rings. The van der Waals surface area contributed by atoms with Crippen molar-refractivity contribution in [3.05, 3.63) is 35.9 Å². The summed E-state index contributed by atoms with van der Waals surface area (Å²) in [6.45, 7) is 6.32. The Bertz CT molecular complexity index is 213. The topological polar surface area (TPSA) is 0 Å². The van der Waals surface area contributed by atoms with Crippen molar-refractivity contribution in [1.29, 1.82) is 0 Å². The van der Waals surface area contributed by atoms with E-state index in [-0.39, 0.29) is 0 Å². The molecule has 0 spiro atoms. The van der Waals surface area contributed by atoms with Crippen LogP contribution in [0.5, 0.6) is 0 Å². The largest absolute Gasteiger partial charge is 0.0683 e. The lowest BCUT2D eigenvalue weighted by Gasteiger charge is -1.94. The van der Waals surface area contributed by atoms with E-state index in [0.717, 1.165) is 11.8 Å². The Morgan fingerprint density at radius 1 is 1.08 bits per heavy atom. The first kappa shape index (κ1) is 9.31. The van der Waals surface area contributed by atoms with Crippen molar-refractivity contribution in [2.24, 2.45) is 5.92 Å². The van der Waals surface area contributed by atoms with Gasteiger partial charge in [-0.1, -0.05) is 51.1 Å². The van der Waals surface area contributed by atoms with Crippen molar-refractivity contribution in [3.63, 3.8) is 0 Å². The molecule has 0 bridgehead atoms. The molecule has 0 N–H and O–H groups in total. The predicted molar refractivity (Wildman–Crippen MR) is 54.3 cm³/mol. The lowest BCUT2D eigenvalue weighted by molar-refractivity contribution is 0.915. The minimum absolute atomic E-state index is 0.876. The maximum absolute atomic E-state index is 2.32. The van der Waals surface area contributed by atoms with Crippen molar-refractivity contribution < 1.29 is 0 Å². The van der Waals surface area contributed by atoms with Gasteiger partial charge in [-0.25, -0.2) is 0 Å². The second kappa shape index (κ2) is 4.30. The van der Waals surface area contributed by atoms with Crippen LogP contribution in [0, 0.1) is 5.92 Å². The van der Waals surface area contributed by atoms with Gasteiger partial charge < -0.3 is 0 Å². The van der Waals surface area contributed by atoms with Crippen LogP contribution in [0.2, 0.25) is 0 Å². The molecule has 0 nitrogen and oxygen atoms in total. The third kappa shape index (κ3) is 2.10. The van der Waals surface area contributed by atoms with Gasteiger partial charge in [0.15, 0.2) is 0 Å². The highest BCUT2D eigenvalue weighted by atomic mass is 14.4. The third-order valence-electron chi connectivity index (χ3n) is 2.34. The van der Waals surface area contributed by atoms with Crippen LogP contribution in [0.3, 0.4) is 0 Å². The first-order chi connectivity index (χ1) is 5.88. The second-order valence-corrected chi connectivity index (χ2v) is 3.23. The second-order valence-electron chi connectivity index (χ2n) is 3.23. The monoisotopic (exact) mass is 162 g/mol. The highest BCUT2D eigenvalue weighted by Crippen LogP contribution is 2.46. The minimum Gasteiger partial charge on any atom is -0.0683 e. The molecule has 0 heteroatoms. The Hall–Kier alpha value is -0.780. The summed E-state index contributed by atoms with van der Waals surface area (Å²) in [5.41, 5.74) is 1.52. The Balaban J connectivity index is 0.000000336. The van der Waals surface area contributed by atoms with Crippen LogP contribution in [-0.4, -0.2) is 0 Å². The number of hydrogen-bond acceptors (Lipinski definition) is 0. The molecule has 2 atom stereocenters. The minimum atomic E-state index is 0.876. The zero-order valence-corrected chi connectivity index (χ0v) is 8.25. The molecule has 0 radical (unpaired) electrons. The molecular weight excluding hydrogens is 144 g/mol. The highest BCUT2D eigenvalue weighted by molar-refractivity contribution is 5.24. The molecule has 1 aromatic carbocycles. The van der Waals surface area contributed by atoms with Crippen molar-refractivity contribution in [1.82, 2.24) is 0 Å². The molecule has 2 rings (SSSR count). The predicted octanol–water partition coefficient (Wildman–Crippen LogP) is 3.84. The normalized spacial score (nSPS) is 25.6. The fourth-order valence-electron chi connectivity index (χ4n) is 1.49. The van der Waals surface area contributed by atoms with Crippen LogP contribution >= 0.6 is 0 Å². The molecule has 0 saturated heterocycles. The van der Waals surface area contributed by atoms with E-state index >= 15 is 0 Å². The van der Waals surface area contributed by atoms with E-state index in [9.17, 15) is 0 Å². The van der Waals surface area contributed by atoms with E-state index in [1.165, 1.54) is 12.0 Å². The average molecular weight is 162 g/mol. The maximum atomic E-state index is 2.32. The molecule has 12 heavy (non-hydrogen) atoms. The van der Waals surface area contributed by atoms with E-state index < -0.39 is 0 Å². The summed E-state index contributed by atoms with van der Waals surface area (Å²) in [6.07, 6.45) is 1.39. The zero-order chi connectivity index (χ0) is 8.97. The van der Waals surface area contributed by atoms with Crippen LogP contribution in [0.4, 0.5) is 0 Å². The molecule has 0 aliphatic heterocycles. The van der Waals surface area contributed by atoms with Gasteiger partial charge in [0, 0.05) is 0 Å². The zero-order valence-electron chi connectivity index (χ0n) is 8.25. The van der Waals surface area contributed by atoms with E-state index in [4.69, 9.17) is 0 Å².